The Morgan fingerprint density at radius 1 is 1.12 bits per heavy atom. The van der Waals surface area contributed by atoms with Crippen LogP contribution in [0.3, 0.4) is 0 Å². The van der Waals surface area contributed by atoms with Crippen LogP contribution in [0.1, 0.15) is 43.9 Å². The molecule has 0 saturated carbocycles. The largest absolute Gasteiger partial charge is 0.507 e. The molecule has 1 aliphatic rings. The number of carbonyl (C=O) groups is 1. The highest BCUT2D eigenvalue weighted by molar-refractivity contribution is 6.05. The fraction of sp³-hybridized carbons (Fsp3) is 0.381. The first kappa shape index (κ1) is 17.3. The molecule has 0 atom stereocenters. The zero-order chi connectivity index (χ0) is 18.3. The van der Waals surface area contributed by atoms with Crippen molar-refractivity contribution in [3.05, 3.63) is 41.0 Å². The van der Waals surface area contributed by atoms with Gasteiger partial charge in [-0.2, -0.15) is 0 Å². The van der Waals surface area contributed by atoms with Crippen LogP contribution in [0.5, 0.6) is 11.5 Å². The molecule has 25 heavy (non-hydrogen) atoms. The van der Waals surface area contributed by atoms with Crippen molar-refractivity contribution in [1.29, 1.82) is 0 Å². The number of carbonyl (C=O) groups excluding carboxylic acids is 1. The number of rotatable bonds is 4. The first-order valence-electron chi connectivity index (χ1n) is 8.84. The van der Waals surface area contributed by atoms with Crippen molar-refractivity contribution in [3.63, 3.8) is 0 Å². The van der Waals surface area contributed by atoms with Gasteiger partial charge in [-0.15, -0.1) is 0 Å². The highest BCUT2D eigenvalue weighted by atomic mass is 16.3. The molecule has 0 spiro atoms. The number of phenols is 2. The highest BCUT2D eigenvalue weighted by Gasteiger charge is 2.33. The molecule has 0 saturated heterocycles. The van der Waals surface area contributed by atoms with Gasteiger partial charge in [0.25, 0.3) is 0 Å². The van der Waals surface area contributed by atoms with Gasteiger partial charge in [0.05, 0.1) is 12.0 Å². The predicted molar refractivity (Wildman–Crippen MR) is 100 cm³/mol. The van der Waals surface area contributed by atoms with E-state index in [1.165, 1.54) is 0 Å². The third kappa shape index (κ3) is 2.86. The van der Waals surface area contributed by atoms with Gasteiger partial charge >= 0.3 is 0 Å². The Balaban J connectivity index is 2.22. The molecule has 0 fully saturated rings. The highest BCUT2D eigenvalue weighted by Crippen LogP contribution is 2.46. The number of hydrogen-bond acceptors (Lipinski definition) is 3. The molecule has 1 heterocycles. The van der Waals surface area contributed by atoms with E-state index >= 15 is 0 Å². The fourth-order valence-corrected chi connectivity index (χ4v) is 3.80. The maximum atomic E-state index is 12.5. The molecule has 0 bridgehead atoms. The van der Waals surface area contributed by atoms with Crippen LogP contribution in [0, 0.1) is 6.92 Å². The van der Waals surface area contributed by atoms with Gasteiger partial charge in [0.2, 0.25) is 5.91 Å². The van der Waals surface area contributed by atoms with Gasteiger partial charge in [-0.25, -0.2) is 0 Å². The average molecular weight is 339 g/mol. The Morgan fingerprint density at radius 3 is 2.32 bits per heavy atom. The number of fused-ring (bicyclic) bond motifs is 1. The third-order valence-corrected chi connectivity index (χ3v) is 4.81. The lowest BCUT2D eigenvalue weighted by atomic mass is 9.91. The number of aryl methyl sites for hydroxylation is 2. The SMILES string of the molecule is CCCc1cc(O)c(-c2c(C)ccc3c2CC(=O)N3C(C)C)c(O)c1. The van der Waals surface area contributed by atoms with Crippen molar-refractivity contribution in [2.24, 2.45) is 0 Å². The summed E-state index contributed by atoms with van der Waals surface area (Å²) in [6, 6.07) is 7.40. The lowest BCUT2D eigenvalue weighted by Gasteiger charge is -2.23. The summed E-state index contributed by atoms with van der Waals surface area (Å²) in [5, 5.41) is 21.2. The second-order valence-electron chi connectivity index (χ2n) is 7.05. The lowest BCUT2D eigenvalue weighted by Crippen LogP contribution is -2.33. The molecule has 132 valence electrons. The summed E-state index contributed by atoms with van der Waals surface area (Å²) in [4.78, 5) is 14.3. The van der Waals surface area contributed by atoms with Crippen molar-refractivity contribution in [3.8, 4) is 22.6 Å². The number of aromatic hydroxyl groups is 2. The molecule has 0 unspecified atom stereocenters. The summed E-state index contributed by atoms with van der Waals surface area (Å²) in [5.41, 5.74) is 4.79. The smallest absolute Gasteiger partial charge is 0.231 e. The Bertz CT molecular complexity index is 816. The van der Waals surface area contributed by atoms with Crippen molar-refractivity contribution in [2.45, 2.75) is 53.0 Å². The monoisotopic (exact) mass is 339 g/mol. The quantitative estimate of drug-likeness (QED) is 0.872. The number of hydrogen-bond donors (Lipinski definition) is 2. The van der Waals surface area contributed by atoms with Crippen LogP contribution in [0.2, 0.25) is 0 Å². The van der Waals surface area contributed by atoms with Crippen LogP contribution in [0.4, 0.5) is 5.69 Å². The van der Waals surface area contributed by atoms with Crippen molar-refractivity contribution in [2.75, 3.05) is 4.90 Å². The van der Waals surface area contributed by atoms with E-state index in [2.05, 4.69) is 6.92 Å². The number of nitrogens with zero attached hydrogens (tertiary/aromatic N) is 1. The minimum atomic E-state index is 0.0541. The third-order valence-electron chi connectivity index (χ3n) is 4.81. The average Bonchev–Trinajstić information content (AvgIpc) is 2.85. The topological polar surface area (TPSA) is 60.8 Å². The molecule has 1 amide bonds. The molecular weight excluding hydrogens is 314 g/mol. The molecule has 2 aromatic rings. The standard InChI is InChI=1S/C21H25NO3/c1-5-6-14-9-17(23)21(18(24)10-14)20-13(4)7-8-16-15(20)11-19(25)22(16)12(2)3/h7-10,12,23-24H,5-6,11H2,1-4H3. The first-order valence-corrected chi connectivity index (χ1v) is 8.84. The minimum absolute atomic E-state index is 0.0541. The number of amides is 1. The maximum Gasteiger partial charge on any atom is 0.231 e. The molecule has 2 N–H and O–H groups in total. The fourth-order valence-electron chi connectivity index (χ4n) is 3.80. The van der Waals surface area contributed by atoms with E-state index in [1.807, 2.05) is 32.9 Å². The molecular formula is C21H25NO3. The van der Waals surface area contributed by atoms with Crippen LogP contribution >= 0.6 is 0 Å². The van der Waals surface area contributed by atoms with E-state index in [0.29, 0.717) is 12.0 Å². The molecule has 0 radical (unpaired) electrons. The van der Waals surface area contributed by atoms with E-state index in [0.717, 1.165) is 40.8 Å². The molecule has 4 nitrogen and oxygen atoms in total. The Labute approximate surface area is 148 Å². The van der Waals surface area contributed by atoms with Crippen LogP contribution in [-0.2, 0) is 17.6 Å². The van der Waals surface area contributed by atoms with E-state index in [9.17, 15) is 15.0 Å². The summed E-state index contributed by atoms with van der Waals surface area (Å²) in [5.74, 6) is 0.184. The normalized spacial score (nSPS) is 13.6. The van der Waals surface area contributed by atoms with Gasteiger partial charge in [-0.05, 0) is 67.6 Å². The van der Waals surface area contributed by atoms with Crippen LogP contribution in [0.15, 0.2) is 24.3 Å². The molecule has 3 rings (SSSR count). The second-order valence-corrected chi connectivity index (χ2v) is 7.05. The van der Waals surface area contributed by atoms with Crippen molar-refractivity contribution in [1.82, 2.24) is 0 Å². The maximum absolute atomic E-state index is 12.5. The first-order chi connectivity index (χ1) is 11.8. The van der Waals surface area contributed by atoms with E-state index in [1.54, 1.807) is 17.0 Å². The Hall–Kier alpha value is -2.49. The Kier molecular flexibility index (Phi) is 4.46. The van der Waals surface area contributed by atoms with Crippen LogP contribution in [0.25, 0.3) is 11.1 Å². The summed E-state index contributed by atoms with van der Waals surface area (Å²) in [7, 11) is 0. The van der Waals surface area contributed by atoms with Gasteiger partial charge in [0, 0.05) is 11.7 Å². The zero-order valence-corrected chi connectivity index (χ0v) is 15.3. The summed E-state index contributed by atoms with van der Waals surface area (Å²) in [6.07, 6.45) is 2.03. The molecule has 0 aliphatic carbocycles. The number of benzene rings is 2. The van der Waals surface area contributed by atoms with Gasteiger partial charge in [-0.3, -0.25) is 4.79 Å². The van der Waals surface area contributed by atoms with Gasteiger partial charge in [0.1, 0.15) is 11.5 Å². The summed E-state index contributed by atoms with van der Waals surface area (Å²) >= 11 is 0. The molecule has 1 aliphatic heterocycles. The van der Waals surface area contributed by atoms with Gasteiger partial charge in [0.15, 0.2) is 0 Å². The molecule has 0 aromatic heterocycles. The molecule has 4 heteroatoms. The number of phenolic OH excluding ortho intramolecular Hbond substituents is 2. The van der Waals surface area contributed by atoms with Crippen LogP contribution < -0.4 is 4.90 Å². The predicted octanol–water partition coefficient (Wildman–Crippen LogP) is 4.32. The Morgan fingerprint density at radius 2 is 1.76 bits per heavy atom. The zero-order valence-electron chi connectivity index (χ0n) is 15.3. The summed E-state index contributed by atoms with van der Waals surface area (Å²) < 4.78 is 0. The summed E-state index contributed by atoms with van der Waals surface area (Å²) in [6.45, 7) is 7.97. The van der Waals surface area contributed by atoms with Crippen molar-refractivity contribution < 1.29 is 15.0 Å². The van der Waals surface area contributed by atoms with E-state index in [-0.39, 0.29) is 23.4 Å². The van der Waals surface area contributed by atoms with Crippen LogP contribution in [-0.4, -0.2) is 22.2 Å². The van der Waals surface area contributed by atoms with E-state index < -0.39 is 0 Å². The van der Waals surface area contributed by atoms with Gasteiger partial charge < -0.3 is 15.1 Å². The van der Waals surface area contributed by atoms with Crippen molar-refractivity contribution >= 4 is 11.6 Å². The van der Waals surface area contributed by atoms with Gasteiger partial charge in [-0.1, -0.05) is 19.4 Å². The van der Waals surface area contributed by atoms with E-state index in [4.69, 9.17) is 0 Å². The number of anilines is 1. The lowest BCUT2D eigenvalue weighted by molar-refractivity contribution is -0.117. The second kappa shape index (κ2) is 6.43. The molecule has 2 aromatic carbocycles. The minimum Gasteiger partial charge on any atom is -0.507 e.